The molecule has 104 valence electrons. The average molecular weight is 293 g/mol. The van der Waals surface area contributed by atoms with Crippen molar-refractivity contribution in [1.82, 2.24) is 9.55 Å². The van der Waals surface area contributed by atoms with Crippen LogP contribution in [0.4, 0.5) is 5.13 Å². The van der Waals surface area contributed by atoms with Crippen LogP contribution in [0.3, 0.4) is 0 Å². The van der Waals surface area contributed by atoms with Crippen LogP contribution in [0.1, 0.15) is 0 Å². The summed E-state index contributed by atoms with van der Waals surface area (Å²) in [4.78, 5) is 4.59. The minimum absolute atomic E-state index is 0.947. The zero-order valence-corrected chi connectivity index (χ0v) is 12.7. The van der Waals surface area contributed by atoms with Gasteiger partial charge >= 0.3 is 0 Å². The molecule has 21 heavy (non-hydrogen) atoms. The number of nitrogens with zero attached hydrogens (tertiary/aromatic N) is 2. The van der Waals surface area contributed by atoms with E-state index in [1.54, 1.807) is 11.3 Å². The summed E-state index contributed by atoms with van der Waals surface area (Å²) in [5, 5.41) is 8.71. The first-order chi connectivity index (χ1) is 10.3. The van der Waals surface area contributed by atoms with Gasteiger partial charge in [-0.2, -0.15) is 0 Å². The highest BCUT2D eigenvalue weighted by molar-refractivity contribution is 7.14. The molecular formula is C17H15N3S. The highest BCUT2D eigenvalue weighted by Crippen LogP contribution is 2.32. The minimum atomic E-state index is 0.947. The molecule has 0 saturated heterocycles. The molecule has 0 aliphatic carbocycles. The smallest absolute Gasteiger partial charge is 0.182 e. The third kappa shape index (κ3) is 1.83. The number of thiazole rings is 1. The molecule has 0 aliphatic rings. The third-order valence-electron chi connectivity index (χ3n) is 3.93. The number of hydrogen-bond donors (Lipinski definition) is 1. The number of benzene rings is 2. The van der Waals surface area contributed by atoms with Gasteiger partial charge < -0.3 is 9.88 Å². The second-order valence-electron chi connectivity index (χ2n) is 5.10. The topological polar surface area (TPSA) is 29.9 Å². The number of para-hydroxylation sites is 1. The van der Waals surface area contributed by atoms with Crippen LogP contribution in [0.15, 0.2) is 47.8 Å². The Morgan fingerprint density at radius 3 is 2.67 bits per heavy atom. The van der Waals surface area contributed by atoms with E-state index in [0.29, 0.717) is 0 Å². The van der Waals surface area contributed by atoms with Gasteiger partial charge in [-0.05, 0) is 18.2 Å². The summed E-state index contributed by atoms with van der Waals surface area (Å²) in [6.07, 6.45) is 0. The van der Waals surface area contributed by atoms with Crippen LogP contribution in [0.2, 0.25) is 0 Å². The summed E-state index contributed by atoms with van der Waals surface area (Å²) >= 11 is 1.63. The van der Waals surface area contributed by atoms with Gasteiger partial charge in [0.15, 0.2) is 5.13 Å². The number of hydrogen-bond acceptors (Lipinski definition) is 3. The fourth-order valence-electron chi connectivity index (χ4n) is 2.85. The molecule has 0 bridgehead atoms. The van der Waals surface area contributed by atoms with Gasteiger partial charge in [0.1, 0.15) is 0 Å². The van der Waals surface area contributed by atoms with E-state index in [4.69, 9.17) is 0 Å². The van der Waals surface area contributed by atoms with E-state index in [2.05, 4.69) is 69.8 Å². The molecule has 0 unspecified atom stereocenters. The van der Waals surface area contributed by atoms with Gasteiger partial charge in [0.2, 0.25) is 0 Å². The summed E-state index contributed by atoms with van der Waals surface area (Å²) in [6.45, 7) is 0. The molecule has 0 spiro atoms. The molecule has 2 heterocycles. The van der Waals surface area contributed by atoms with E-state index < -0.39 is 0 Å². The van der Waals surface area contributed by atoms with E-state index >= 15 is 0 Å². The van der Waals surface area contributed by atoms with E-state index in [0.717, 1.165) is 16.4 Å². The fraction of sp³-hybridized carbons (Fsp3) is 0.118. The molecular weight excluding hydrogens is 278 g/mol. The van der Waals surface area contributed by atoms with Crippen molar-refractivity contribution in [2.45, 2.75) is 0 Å². The van der Waals surface area contributed by atoms with Gasteiger partial charge in [-0.3, -0.25) is 0 Å². The molecule has 4 rings (SSSR count). The number of fused-ring (bicyclic) bond motifs is 3. The van der Waals surface area contributed by atoms with Crippen LogP contribution >= 0.6 is 11.3 Å². The number of rotatable bonds is 2. The Morgan fingerprint density at radius 2 is 1.86 bits per heavy atom. The first-order valence-electron chi connectivity index (χ1n) is 6.89. The molecule has 0 fully saturated rings. The maximum Gasteiger partial charge on any atom is 0.182 e. The lowest BCUT2D eigenvalue weighted by atomic mass is 10.1. The van der Waals surface area contributed by atoms with Gasteiger partial charge in [0, 0.05) is 46.8 Å². The Labute approximate surface area is 126 Å². The van der Waals surface area contributed by atoms with Crippen molar-refractivity contribution in [3.05, 3.63) is 47.8 Å². The lowest BCUT2D eigenvalue weighted by Gasteiger charge is -2.00. The molecule has 0 saturated carbocycles. The Morgan fingerprint density at radius 1 is 1.05 bits per heavy atom. The summed E-state index contributed by atoms with van der Waals surface area (Å²) in [7, 11) is 4.02. The van der Waals surface area contributed by atoms with Crippen LogP contribution in [0.25, 0.3) is 33.1 Å². The van der Waals surface area contributed by atoms with E-state index in [1.165, 1.54) is 21.8 Å². The molecule has 0 atom stereocenters. The molecule has 0 radical (unpaired) electrons. The molecule has 1 N–H and O–H groups in total. The van der Waals surface area contributed by atoms with Crippen LogP contribution < -0.4 is 5.32 Å². The fourth-order valence-corrected chi connectivity index (χ4v) is 3.53. The summed E-state index contributed by atoms with van der Waals surface area (Å²) in [5.41, 5.74) is 4.71. The van der Waals surface area contributed by atoms with E-state index in [-0.39, 0.29) is 0 Å². The normalized spacial score (nSPS) is 11.3. The van der Waals surface area contributed by atoms with Crippen molar-refractivity contribution in [2.24, 2.45) is 7.05 Å². The molecule has 4 aromatic rings. The van der Waals surface area contributed by atoms with Gasteiger partial charge in [0.05, 0.1) is 5.69 Å². The summed E-state index contributed by atoms with van der Waals surface area (Å²) < 4.78 is 2.24. The van der Waals surface area contributed by atoms with Crippen molar-refractivity contribution in [3.63, 3.8) is 0 Å². The first kappa shape index (κ1) is 12.4. The average Bonchev–Trinajstić information content (AvgIpc) is 3.12. The van der Waals surface area contributed by atoms with Crippen molar-refractivity contribution in [3.8, 4) is 11.3 Å². The predicted octanol–water partition coefficient (Wildman–Crippen LogP) is 4.50. The van der Waals surface area contributed by atoms with Gasteiger partial charge in [0.25, 0.3) is 0 Å². The zero-order chi connectivity index (χ0) is 14.4. The SMILES string of the molecule is CNc1nc(-c2ccc3c(c2)c2ccccc2n3C)cs1. The molecule has 3 nitrogen and oxygen atoms in total. The number of nitrogens with one attached hydrogen (secondary N) is 1. The molecule has 0 amide bonds. The van der Waals surface area contributed by atoms with Crippen LogP contribution in [0.5, 0.6) is 0 Å². The molecule has 2 aromatic carbocycles. The Hall–Kier alpha value is -2.33. The van der Waals surface area contributed by atoms with E-state index in [9.17, 15) is 0 Å². The monoisotopic (exact) mass is 293 g/mol. The molecule has 4 heteroatoms. The van der Waals surface area contributed by atoms with Crippen molar-refractivity contribution >= 4 is 38.3 Å². The number of aromatic nitrogens is 2. The Kier molecular flexibility index (Phi) is 2.72. The molecule has 2 aromatic heterocycles. The molecule has 0 aliphatic heterocycles. The predicted molar refractivity (Wildman–Crippen MR) is 91.1 cm³/mol. The third-order valence-corrected chi connectivity index (χ3v) is 4.79. The Bertz CT molecular complexity index is 949. The van der Waals surface area contributed by atoms with Crippen molar-refractivity contribution in [2.75, 3.05) is 12.4 Å². The maximum absolute atomic E-state index is 4.59. The van der Waals surface area contributed by atoms with Crippen LogP contribution in [-0.4, -0.2) is 16.6 Å². The van der Waals surface area contributed by atoms with Crippen LogP contribution in [0, 0.1) is 0 Å². The minimum Gasteiger partial charge on any atom is -0.365 e. The first-order valence-corrected chi connectivity index (χ1v) is 7.77. The zero-order valence-electron chi connectivity index (χ0n) is 11.9. The van der Waals surface area contributed by atoms with Crippen molar-refractivity contribution < 1.29 is 0 Å². The quantitative estimate of drug-likeness (QED) is 0.590. The second-order valence-corrected chi connectivity index (χ2v) is 5.95. The number of aryl methyl sites for hydroxylation is 1. The van der Waals surface area contributed by atoms with Gasteiger partial charge in [-0.1, -0.05) is 24.3 Å². The second kappa shape index (κ2) is 4.60. The summed E-state index contributed by atoms with van der Waals surface area (Å²) in [6, 6.07) is 15.1. The number of anilines is 1. The maximum atomic E-state index is 4.59. The standard InChI is InChI=1S/C17H15N3S/c1-18-17-19-14(10-21-17)11-7-8-16-13(9-11)12-5-3-4-6-15(12)20(16)2/h3-10H,1-2H3,(H,18,19). The highest BCUT2D eigenvalue weighted by atomic mass is 32.1. The van der Waals surface area contributed by atoms with Gasteiger partial charge in [-0.25, -0.2) is 4.98 Å². The highest BCUT2D eigenvalue weighted by Gasteiger charge is 2.10. The van der Waals surface area contributed by atoms with Crippen LogP contribution in [-0.2, 0) is 7.05 Å². The summed E-state index contributed by atoms with van der Waals surface area (Å²) in [5.74, 6) is 0. The largest absolute Gasteiger partial charge is 0.365 e. The van der Waals surface area contributed by atoms with Gasteiger partial charge in [-0.15, -0.1) is 11.3 Å². The lowest BCUT2D eigenvalue weighted by molar-refractivity contribution is 1.01. The Balaban J connectivity index is 1.99. The van der Waals surface area contributed by atoms with Crippen molar-refractivity contribution in [1.29, 1.82) is 0 Å². The van der Waals surface area contributed by atoms with E-state index in [1.807, 2.05) is 7.05 Å². The lowest BCUT2D eigenvalue weighted by Crippen LogP contribution is -1.87.